The topological polar surface area (TPSA) is 86.0 Å². The minimum atomic E-state index is 0.489. The molecule has 0 aliphatic rings. The van der Waals surface area contributed by atoms with Crippen LogP contribution in [0.2, 0.25) is 0 Å². The van der Waals surface area contributed by atoms with Crippen molar-refractivity contribution in [3.05, 3.63) is 35.7 Å². The summed E-state index contributed by atoms with van der Waals surface area (Å²) in [5.41, 5.74) is 8.21. The van der Waals surface area contributed by atoms with Crippen molar-refractivity contribution in [1.29, 1.82) is 0 Å². The molecule has 0 spiro atoms. The maximum atomic E-state index is 5.49. The number of benzene rings is 1. The fraction of sp³-hybridized carbons (Fsp3) is 0.400. The predicted octanol–water partition coefficient (Wildman–Crippen LogP) is 2.08. The highest BCUT2D eigenvalue weighted by Crippen LogP contribution is 2.20. The molecule has 21 heavy (non-hydrogen) atoms. The van der Waals surface area contributed by atoms with Crippen LogP contribution in [0.1, 0.15) is 25.2 Å². The lowest BCUT2D eigenvalue weighted by Gasteiger charge is -2.09. The summed E-state index contributed by atoms with van der Waals surface area (Å²) in [7, 11) is 0. The molecule has 3 N–H and O–H groups in total. The number of rotatable bonds is 7. The molecule has 0 radical (unpaired) electrons. The largest absolute Gasteiger partial charge is 0.492 e. The van der Waals surface area contributed by atoms with E-state index in [0.717, 1.165) is 35.7 Å². The Hall–Kier alpha value is -2.21. The molecule has 0 aliphatic carbocycles. The summed E-state index contributed by atoms with van der Waals surface area (Å²) < 4.78 is 5.49. The fourth-order valence-electron chi connectivity index (χ4n) is 1.96. The second kappa shape index (κ2) is 7.54. The summed E-state index contributed by atoms with van der Waals surface area (Å²) in [6, 6.07) is 7.61. The van der Waals surface area contributed by atoms with E-state index in [4.69, 9.17) is 10.5 Å². The summed E-state index contributed by atoms with van der Waals surface area (Å²) in [5.74, 6) is 1.26. The normalized spacial score (nSPS) is 10.4. The number of hydrogen-bond acceptors (Lipinski definition) is 6. The quantitative estimate of drug-likeness (QED) is 0.811. The van der Waals surface area contributed by atoms with Crippen molar-refractivity contribution in [3.63, 3.8) is 0 Å². The van der Waals surface area contributed by atoms with E-state index in [1.54, 1.807) is 0 Å². The van der Waals surface area contributed by atoms with Crippen LogP contribution >= 0.6 is 0 Å². The van der Waals surface area contributed by atoms with Gasteiger partial charge in [0.05, 0.1) is 11.4 Å². The number of nitrogens with two attached hydrogens (primary N) is 1. The second-order valence-electron chi connectivity index (χ2n) is 4.53. The average molecular weight is 287 g/mol. The van der Waals surface area contributed by atoms with E-state index in [1.807, 2.05) is 24.3 Å². The Labute approximate surface area is 124 Å². The maximum Gasteiger partial charge on any atom is 0.247 e. The smallest absolute Gasteiger partial charge is 0.247 e. The number of aryl methyl sites for hydroxylation is 2. The summed E-state index contributed by atoms with van der Waals surface area (Å²) in [5, 5.41) is 11.5. The summed E-state index contributed by atoms with van der Waals surface area (Å²) in [6.07, 6.45) is 1.68. The molecule has 0 aliphatic heterocycles. The van der Waals surface area contributed by atoms with Gasteiger partial charge in [-0.05, 0) is 25.0 Å². The number of nitrogens with one attached hydrogen (secondary N) is 1. The van der Waals surface area contributed by atoms with Crippen molar-refractivity contribution in [2.75, 3.05) is 18.5 Å². The summed E-state index contributed by atoms with van der Waals surface area (Å²) in [4.78, 5) is 4.50. The van der Waals surface area contributed by atoms with E-state index in [0.29, 0.717) is 19.1 Å². The van der Waals surface area contributed by atoms with Crippen molar-refractivity contribution in [2.24, 2.45) is 5.73 Å². The molecule has 112 valence electrons. The van der Waals surface area contributed by atoms with Gasteiger partial charge in [0.25, 0.3) is 0 Å². The van der Waals surface area contributed by atoms with Crippen molar-refractivity contribution in [1.82, 2.24) is 15.2 Å². The molecule has 1 heterocycles. The third-order valence-electron chi connectivity index (χ3n) is 2.99. The average Bonchev–Trinajstić information content (AvgIpc) is 2.53. The van der Waals surface area contributed by atoms with Gasteiger partial charge in [-0.1, -0.05) is 19.9 Å². The zero-order chi connectivity index (χ0) is 15.1. The number of ether oxygens (including phenoxy) is 1. The van der Waals surface area contributed by atoms with Gasteiger partial charge in [-0.15, -0.1) is 10.2 Å². The standard InChI is InChI=1S/C15H21N5O/c1-3-13-14(4-2)19-20-15(18-13)17-11-6-5-7-12(10-11)21-9-8-16/h5-7,10H,3-4,8-9,16H2,1-2H3,(H,17,18,20). The molecule has 6 heteroatoms. The molecular formula is C15H21N5O. The molecule has 1 aromatic carbocycles. The monoisotopic (exact) mass is 287 g/mol. The molecule has 0 atom stereocenters. The van der Waals surface area contributed by atoms with Gasteiger partial charge in [0.1, 0.15) is 12.4 Å². The minimum Gasteiger partial charge on any atom is -0.492 e. The van der Waals surface area contributed by atoms with Crippen LogP contribution in [-0.2, 0) is 12.8 Å². The highest BCUT2D eigenvalue weighted by Gasteiger charge is 2.06. The number of aromatic nitrogens is 3. The van der Waals surface area contributed by atoms with Crippen molar-refractivity contribution in [2.45, 2.75) is 26.7 Å². The number of nitrogens with zero attached hydrogens (tertiary/aromatic N) is 3. The molecule has 1 aromatic heterocycles. The SMILES string of the molecule is CCc1nnc(Nc2cccc(OCCN)c2)nc1CC. The zero-order valence-corrected chi connectivity index (χ0v) is 12.5. The fourth-order valence-corrected chi connectivity index (χ4v) is 1.96. The van der Waals surface area contributed by atoms with Crippen LogP contribution in [0, 0.1) is 0 Å². The van der Waals surface area contributed by atoms with Crippen LogP contribution in [-0.4, -0.2) is 28.3 Å². The minimum absolute atomic E-state index is 0.489. The molecule has 0 bridgehead atoms. The van der Waals surface area contributed by atoms with E-state index >= 15 is 0 Å². The van der Waals surface area contributed by atoms with Crippen molar-refractivity contribution >= 4 is 11.6 Å². The summed E-state index contributed by atoms with van der Waals surface area (Å²) in [6.45, 7) is 5.10. The predicted molar refractivity (Wildman–Crippen MR) is 82.9 cm³/mol. The van der Waals surface area contributed by atoms with Crippen LogP contribution in [0.4, 0.5) is 11.6 Å². The van der Waals surface area contributed by atoms with Crippen LogP contribution in [0.3, 0.4) is 0 Å². The highest BCUT2D eigenvalue weighted by atomic mass is 16.5. The van der Waals surface area contributed by atoms with E-state index in [2.05, 4.69) is 34.3 Å². The Kier molecular flexibility index (Phi) is 5.45. The van der Waals surface area contributed by atoms with Crippen LogP contribution in [0.15, 0.2) is 24.3 Å². The van der Waals surface area contributed by atoms with Gasteiger partial charge in [-0.3, -0.25) is 0 Å². The van der Waals surface area contributed by atoms with E-state index < -0.39 is 0 Å². The molecule has 0 saturated carbocycles. The van der Waals surface area contributed by atoms with Crippen molar-refractivity contribution in [3.8, 4) is 5.75 Å². The van der Waals surface area contributed by atoms with Crippen molar-refractivity contribution < 1.29 is 4.74 Å². The molecule has 2 rings (SSSR count). The van der Waals surface area contributed by atoms with Crippen LogP contribution in [0.25, 0.3) is 0 Å². The first-order valence-electron chi connectivity index (χ1n) is 7.19. The first-order chi connectivity index (χ1) is 10.3. The van der Waals surface area contributed by atoms with Gasteiger partial charge in [0.2, 0.25) is 5.95 Å². The molecule has 0 amide bonds. The van der Waals surface area contributed by atoms with E-state index in [9.17, 15) is 0 Å². The van der Waals surface area contributed by atoms with E-state index in [-0.39, 0.29) is 0 Å². The zero-order valence-electron chi connectivity index (χ0n) is 12.5. The Morgan fingerprint density at radius 3 is 2.67 bits per heavy atom. The highest BCUT2D eigenvalue weighted by molar-refractivity contribution is 5.55. The van der Waals surface area contributed by atoms with Gasteiger partial charge in [-0.25, -0.2) is 4.98 Å². The van der Waals surface area contributed by atoms with Crippen LogP contribution < -0.4 is 15.8 Å². The number of hydrogen-bond donors (Lipinski definition) is 2. The molecule has 6 nitrogen and oxygen atoms in total. The molecule has 2 aromatic rings. The van der Waals surface area contributed by atoms with Gasteiger partial charge in [0, 0.05) is 18.3 Å². The lowest BCUT2D eigenvalue weighted by molar-refractivity contribution is 0.328. The molecule has 0 saturated heterocycles. The Balaban J connectivity index is 2.14. The van der Waals surface area contributed by atoms with Gasteiger partial charge < -0.3 is 15.8 Å². The number of anilines is 2. The van der Waals surface area contributed by atoms with Gasteiger partial charge in [0.15, 0.2) is 0 Å². The lowest BCUT2D eigenvalue weighted by atomic mass is 10.2. The van der Waals surface area contributed by atoms with Crippen LogP contribution in [0.5, 0.6) is 5.75 Å². The lowest BCUT2D eigenvalue weighted by Crippen LogP contribution is -2.10. The molecular weight excluding hydrogens is 266 g/mol. The van der Waals surface area contributed by atoms with E-state index in [1.165, 1.54) is 0 Å². The Bertz CT molecular complexity index is 588. The Morgan fingerprint density at radius 1 is 1.14 bits per heavy atom. The maximum absolute atomic E-state index is 5.49. The van der Waals surface area contributed by atoms with Gasteiger partial charge in [-0.2, -0.15) is 0 Å². The van der Waals surface area contributed by atoms with Gasteiger partial charge >= 0.3 is 0 Å². The second-order valence-corrected chi connectivity index (χ2v) is 4.53. The Morgan fingerprint density at radius 2 is 1.95 bits per heavy atom. The first-order valence-corrected chi connectivity index (χ1v) is 7.19. The molecule has 0 fully saturated rings. The third kappa shape index (κ3) is 4.13. The first kappa shape index (κ1) is 15.2. The molecule has 0 unspecified atom stereocenters. The third-order valence-corrected chi connectivity index (χ3v) is 2.99. The summed E-state index contributed by atoms with van der Waals surface area (Å²) >= 11 is 0.